The van der Waals surface area contributed by atoms with Crippen LogP contribution in [0.3, 0.4) is 0 Å². The molecule has 0 radical (unpaired) electrons. The van der Waals surface area contributed by atoms with Gasteiger partial charge in [0.05, 0.1) is 35.6 Å². The molecule has 84 valence electrons. The van der Waals surface area contributed by atoms with Crippen molar-refractivity contribution in [3.63, 3.8) is 0 Å². The first-order chi connectivity index (χ1) is 7.72. The molecule has 4 nitrogen and oxygen atoms in total. The second kappa shape index (κ2) is 4.60. The molecule has 0 spiro atoms. The Bertz CT molecular complexity index is 409. The quantitative estimate of drug-likeness (QED) is 0.755. The number of anilines is 2. The van der Waals surface area contributed by atoms with Gasteiger partial charge in [-0.25, -0.2) is 0 Å². The lowest BCUT2D eigenvalue weighted by molar-refractivity contribution is 0.0765. The minimum absolute atomic E-state index is 0.413. The van der Waals surface area contributed by atoms with Crippen LogP contribution >= 0.6 is 11.6 Å². The van der Waals surface area contributed by atoms with E-state index in [1.165, 1.54) is 0 Å². The monoisotopic (exact) mass is 237 g/mol. The summed E-state index contributed by atoms with van der Waals surface area (Å²) >= 11 is 6.11. The summed E-state index contributed by atoms with van der Waals surface area (Å²) in [6, 6.07) is 7.50. The molecule has 0 aromatic heterocycles. The minimum Gasteiger partial charge on any atom is -0.397 e. The number of halogens is 1. The molecule has 1 unspecified atom stereocenters. The predicted molar refractivity (Wildman–Crippen MR) is 63.4 cm³/mol. The lowest BCUT2D eigenvalue weighted by Crippen LogP contribution is -2.42. The summed E-state index contributed by atoms with van der Waals surface area (Å²) in [6.45, 7) is 1.72. The number of morpholine rings is 1. The van der Waals surface area contributed by atoms with Gasteiger partial charge in [0.2, 0.25) is 0 Å². The Hall–Kier alpha value is -1.44. The van der Waals surface area contributed by atoms with Crippen molar-refractivity contribution in [3.05, 3.63) is 23.2 Å². The van der Waals surface area contributed by atoms with Crippen molar-refractivity contribution in [2.45, 2.75) is 6.10 Å². The van der Waals surface area contributed by atoms with Gasteiger partial charge in [0.1, 0.15) is 0 Å². The van der Waals surface area contributed by atoms with Crippen molar-refractivity contribution in [2.75, 3.05) is 30.3 Å². The van der Waals surface area contributed by atoms with Gasteiger partial charge in [-0.05, 0) is 12.1 Å². The number of hydrogen-bond donors (Lipinski definition) is 1. The van der Waals surface area contributed by atoms with Crippen LogP contribution in [0.25, 0.3) is 0 Å². The van der Waals surface area contributed by atoms with Gasteiger partial charge >= 0.3 is 0 Å². The first-order valence-corrected chi connectivity index (χ1v) is 5.40. The highest BCUT2D eigenvalue weighted by Gasteiger charge is 2.22. The molecule has 1 heterocycles. The first kappa shape index (κ1) is 11.1. The van der Waals surface area contributed by atoms with Crippen molar-refractivity contribution in [1.82, 2.24) is 0 Å². The third-order valence-corrected chi connectivity index (χ3v) is 2.85. The van der Waals surface area contributed by atoms with E-state index >= 15 is 0 Å². The Balaban J connectivity index is 2.27. The molecule has 1 aromatic carbocycles. The Kier molecular flexibility index (Phi) is 3.18. The number of benzene rings is 1. The molecule has 5 heteroatoms. The van der Waals surface area contributed by atoms with Gasteiger partial charge in [-0.15, -0.1) is 0 Å². The molecule has 0 amide bonds. The molecule has 0 bridgehead atoms. The molecule has 1 aromatic rings. The van der Waals surface area contributed by atoms with Gasteiger partial charge in [0.15, 0.2) is 6.10 Å². The van der Waals surface area contributed by atoms with Crippen LogP contribution in [-0.4, -0.2) is 25.8 Å². The van der Waals surface area contributed by atoms with E-state index in [-0.39, 0.29) is 0 Å². The molecule has 0 saturated carbocycles. The standard InChI is InChI=1S/C11H12ClN3O/c12-9-2-1-3-10(14)11(9)15-4-5-16-8(6-13)7-15/h1-3,8H,4-5,7,14H2. The van der Waals surface area contributed by atoms with Crippen LogP contribution in [0.2, 0.25) is 5.02 Å². The van der Waals surface area contributed by atoms with Crippen molar-refractivity contribution < 1.29 is 4.74 Å². The van der Waals surface area contributed by atoms with Crippen molar-refractivity contribution in [1.29, 1.82) is 5.26 Å². The molecular formula is C11H12ClN3O. The van der Waals surface area contributed by atoms with E-state index in [1.54, 1.807) is 12.1 Å². The summed E-state index contributed by atoms with van der Waals surface area (Å²) < 4.78 is 5.27. The fourth-order valence-electron chi connectivity index (χ4n) is 1.80. The zero-order chi connectivity index (χ0) is 11.5. The van der Waals surface area contributed by atoms with Crippen LogP contribution < -0.4 is 10.6 Å². The maximum absolute atomic E-state index is 8.83. The second-order valence-electron chi connectivity index (χ2n) is 3.61. The Morgan fingerprint density at radius 3 is 3.06 bits per heavy atom. The van der Waals surface area contributed by atoms with Crippen LogP contribution in [0.5, 0.6) is 0 Å². The third kappa shape index (κ3) is 2.06. The average Bonchev–Trinajstić information content (AvgIpc) is 2.29. The van der Waals surface area contributed by atoms with E-state index in [0.717, 1.165) is 5.69 Å². The fraction of sp³-hybridized carbons (Fsp3) is 0.364. The summed E-state index contributed by atoms with van der Waals surface area (Å²) in [7, 11) is 0. The average molecular weight is 238 g/mol. The fourth-order valence-corrected chi connectivity index (χ4v) is 2.10. The molecule has 1 saturated heterocycles. The third-order valence-electron chi connectivity index (χ3n) is 2.54. The highest BCUT2D eigenvalue weighted by atomic mass is 35.5. The number of ether oxygens (including phenoxy) is 1. The number of rotatable bonds is 1. The smallest absolute Gasteiger partial charge is 0.161 e. The Labute approximate surface area is 99.2 Å². The van der Waals surface area contributed by atoms with Crippen LogP contribution in [-0.2, 0) is 4.74 Å². The molecule has 2 rings (SSSR count). The molecule has 1 aliphatic rings. The van der Waals surface area contributed by atoms with E-state index in [1.807, 2.05) is 11.0 Å². The van der Waals surface area contributed by atoms with Gasteiger partial charge < -0.3 is 15.4 Å². The molecule has 1 atom stereocenters. The molecular weight excluding hydrogens is 226 g/mol. The molecule has 1 fully saturated rings. The maximum Gasteiger partial charge on any atom is 0.161 e. The molecule has 16 heavy (non-hydrogen) atoms. The topological polar surface area (TPSA) is 62.3 Å². The largest absolute Gasteiger partial charge is 0.397 e. The van der Waals surface area contributed by atoms with E-state index < -0.39 is 6.10 Å². The van der Waals surface area contributed by atoms with Crippen LogP contribution in [0, 0.1) is 11.3 Å². The van der Waals surface area contributed by atoms with Gasteiger partial charge in [0.25, 0.3) is 0 Å². The zero-order valence-corrected chi connectivity index (χ0v) is 9.44. The highest BCUT2D eigenvalue weighted by Crippen LogP contribution is 2.32. The summed E-state index contributed by atoms with van der Waals surface area (Å²) in [4.78, 5) is 2.00. The van der Waals surface area contributed by atoms with Crippen molar-refractivity contribution >= 4 is 23.0 Å². The van der Waals surface area contributed by atoms with Gasteiger partial charge in [-0.1, -0.05) is 17.7 Å². The normalized spacial score (nSPS) is 20.5. The van der Waals surface area contributed by atoms with E-state index in [9.17, 15) is 0 Å². The van der Waals surface area contributed by atoms with Crippen LogP contribution in [0.1, 0.15) is 0 Å². The van der Waals surface area contributed by atoms with E-state index in [0.29, 0.717) is 30.4 Å². The number of nitrogens with two attached hydrogens (primary N) is 1. The number of hydrogen-bond acceptors (Lipinski definition) is 4. The summed E-state index contributed by atoms with van der Waals surface area (Å²) in [5.41, 5.74) is 7.32. The lowest BCUT2D eigenvalue weighted by atomic mass is 10.2. The maximum atomic E-state index is 8.83. The summed E-state index contributed by atoms with van der Waals surface area (Å²) in [5.74, 6) is 0. The van der Waals surface area contributed by atoms with E-state index in [2.05, 4.69) is 6.07 Å². The van der Waals surface area contributed by atoms with Crippen molar-refractivity contribution in [2.24, 2.45) is 0 Å². The van der Waals surface area contributed by atoms with Gasteiger partial charge in [-0.3, -0.25) is 0 Å². The Morgan fingerprint density at radius 2 is 2.38 bits per heavy atom. The Morgan fingerprint density at radius 1 is 1.56 bits per heavy atom. The van der Waals surface area contributed by atoms with Crippen LogP contribution in [0.4, 0.5) is 11.4 Å². The number of nitriles is 1. The predicted octanol–water partition coefficient (Wildman–Crippen LogP) is 1.65. The summed E-state index contributed by atoms with van der Waals surface area (Å²) in [6.07, 6.45) is -0.413. The lowest BCUT2D eigenvalue weighted by Gasteiger charge is -2.32. The summed E-state index contributed by atoms with van der Waals surface area (Å²) in [5, 5.41) is 9.44. The van der Waals surface area contributed by atoms with Crippen LogP contribution in [0.15, 0.2) is 18.2 Å². The SMILES string of the molecule is N#CC1CN(c2c(N)cccc2Cl)CCO1. The molecule has 1 aliphatic heterocycles. The number of para-hydroxylation sites is 1. The first-order valence-electron chi connectivity index (χ1n) is 5.02. The highest BCUT2D eigenvalue weighted by molar-refractivity contribution is 6.34. The zero-order valence-electron chi connectivity index (χ0n) is 8.69. The minimum atomic E-state index is -0.413. The second-order valence-corrected chi connectivity index (χ2v) is 4.02. The van der Waals surface area contributed by atoms with Gasteiger partial charge in [0, 0.05) is 6.54 Å². The van der Waals surface area contributed by atoms with Crippen molar-refractivity contribution in [3.8, 4) is 6.07 Å². The van der Waals surface area contributed by atoms with Gasteiger partial charge in [-0.2, -0.15) is 5.26 Å². The number of nitrogen functional groups attached to an aromatic ring is 1. The van der Waals surface area contributed by atoms with E-state index in [4.69, 9.17) is 27.3 Å². The molecule has 0 aliphatic carbocycles. The number of nitrogens with zero attached hydrogens (tertiary/aromatic N) is 2. The molecule has 2 N–H and O–H groups in total.